The number of nitrogens with two attached hydrogens (primary N) is 1. The van der Waals surface area contributed by atoms with E-state index in [4.69, 9.17) is 10.5 Å². The summed E-state index contributed by atoms with van der Waals surface area (Å²) in [6.45, 7) is 0. The average molecular weight is 266 g/mol. The van der Waals surface area contributed by atoms with E-state index >= 15 is 0 Å². The number of hydrogen-bond donors (Lipinski definition) is 2. The quantitative estimate of drug-likeness (QED) is 0.644. The summed E-state index contributed by atoms with van der Waals surface area (Å²) in [5, 5.41) is 21.0. The van der Waals surface area contributed by atoms with E-state index in [1.54, 1.807) is 0 Å². The van der Waals surface area contributed by atoms with Crippen LogP contribution in [0.15, 0.2) is 12.1 Å². The Kier molecular flexibility index (Phi) is 3.90. The molecule has 0 saturated heterocycles. The van der Waals surface area contributed by atoms with Crippen molar-refractivity contribution in [3.8, 4) is 11.5 Å². The summed E-state index contributed by atoms with van der Waals surface area (Å²) >= 11 is 0. The number of benzene rings is 1. The minimum atomic E-state index is -0.507. The van der Waals surface area contributed by atoms with Gasteiger partial charge in [0, 0.05) is 17.7 Å². The first-order valence-electron chi connectivity index (χ1n) is 6.35. The van der Waals surface area contributed by atoms with E-state index in [1.165, 1.54) is 19.2 Å². The van der Waals surface area contributed by atoms with E-state index in [1.807, 2.05) is 0 Å². The molecule has 0 aromatic heterocycles. The summed E-state index contributed by atoms with van der Waals surface area (Å²) in [7, 11) is 1.36. The Balaban J connectivity index is 2.42. The Bertz CT molecular complexity index is 484. The Morgan fingerprint density at radius 2 is 2.11 bits per heavy atom. The van der Waals surface area contributed by atoms with E-state index in [0.29, 0.717) is 5.56 Å². The molecule has 0 bridgehead atoms. The maximum Gasteiger partial charge on any atom is 0.273 e. The van der Waals surface area contributed by atoms with E-state index in [-0.39, 0.29) is 23.1 Å². The number of non-ortho nitro benzene ring substituents is 1. The molecular weight excluding hydrogens is 248 g/mol. The number of hydrogen-bond acceptors (Lipinski definition) is 5. The highest BCUT2D eigenvalue weighted by Crippen LogP contribution is 2.42. The van der Waals surface area contributed by atoms with Crippen molar-refractivity contribution in [3.05, 3.63) is 27.8 Å². The van der Waals surface area contributed by atoms with Gasteiger partial charge in [-0.15, -0.1) is 0 Å². The second kappa shape index (κ2) is 5.44. The normalized spacial score (nSPS) is 17.4. The van der Waals surface area contributed by atoms with Crippen LogP contribution in [0.3, 0.4) is 0 Å². The number of rotatable bonds is 4. The number of ether oxygens (including phenoxy) is 1. The first-order valence-corrected chi connectivity index (χ1v) is 6.35. The molecule has 1 aliphatic rings. The SMILES string of the molecule is COc1cc([N+](=O)[O-])cc([C@H](N)C2CCCC2)c1O. The molecule has 1 fully saturated rings. The minimum absolute atomic E-state index is 0.0903. The van der Waals surface area contributed by atoms with Crippen molar-refractivity contribution in [3.63, 3.8) is 0 Å². The Labute approximate surface area is 111 Å². The first kappa shape index (κ1) is 13.6. The van der Waals surface area contributed by atoms with Gasteiger partial charge in [-0.1, -0.05) is 12.8 Å². The third-order valence-corrected chi connectivity index (χ3v) is 3.79. The van der Waals surface area contributed by atoms with Crippen molar-refractivity contribution < 1.29 is 14.8 Å². The largest absolute Gasteiger partial charge is 0.504 e. The number of nitro benzene ring substituents is 1. The molecule has 19 heavy (non-hydrogen) atoms. The zero-order valence-electron chi connectivity index (χ0n) is 10.8. The van der Waals surface area contributed by atoms with Gasteiger partial charge in [-0.05, 0) is 18.8 Å². The molecule has 1 aromatic carbocycles. The first-order chi connectivity index (χ1) is 9.04. The number of phenolic OH excluding ortho intramolecular Hbond substituents is 1. The predicted octanol–water partition coefficient (Wildman–Crippen LogP) is 2.50. The second-order valence-electron chi connectivity index (χ2n) is 4.91. The van der Waals surface area contributed by atoms with Gasteiger partial charge in [-0.25, -0.2) is 0 Å². The lowest BCUT2D eigenvalue weighted by Gasteiger charge is -2.21. The Hall–Kier alpha value is -1.82. The molecule has 1 aliphatic carbocycles. The molecular formula is C13H18N2O4. The number of phenols is 1. The summed E-state index contributed by atoms with van der Waals surface area (Å²) in [6.07, 6.45) is 4.22. The highest BCUT2D eigenvalue weighted by atomic mass is 16.6. The van der Waals surface area contributed by atoms with Crippen LogP contribution in [0.5, 0.6) is 11.5 Å². The van der Waals surface area contributed by atoms with Gasteiger partial charge >= 0.3 is 0 Å². The smallest absolute Gasteiger partial charge is 0.273 e. The van der Waals surface area contributed by atoms with Gasteiger partial charge in [0.25, 0.3) is 5.69 Å². The monoisotopic (exact) mass is 266 g/mol. The van der Waals surface area contributed by atoms with E-state index in [2.05, 4.69) is 0 Å². The molecule has 1 atom stereocenters. The van der Waals surface area contributed by atoms with Crippen LogP contribution < -0.4 is 10.5 Å². The summed E-state index contributed by atoms with van der Waals surface area (Å²) in [4.78, 5) is 10.4. The standard InChI is InChI=1S/C13H18N2O4/c1-19-11-7-9(15(17)18)6-10(13(11)16)12(14)8-4-2-3-5-8/h6-8,12,16H,2-5,14H2,1H3/t12-/m1/s1. The Morgan fingerprint density at radius 1 is 1.47 bits per heavy atom. The number of nitrogens with zero attached hydrogens (tertiary/aromatic N) is 1. The molecule has 0 unspecified atom stereocenters. The zero-order chi connectivity index (χ0) is 14.0. The third-order valence-electron chi connectivity index (χ3n) is 3.79. The molecule has 0 amide bonds. The van der Waals surface area contributed by atoms with Crippen LogP contribution in [0.2, 0.25) is 0 Å². The van der Waals surface area contributed by atoms with Crippen molar-refractivity contribution in [1.82, 2.24) is 0 Å². The number of aromatic hydroxyl groups is 1. The topological polar surface area (TPSA) is 98.6 Å². The van der Waals surface area contributed by atoms with Crippen molar-refractivity contribution in [2.24, 2.45) is 11.7 Å². The summed E-state index contributed by atoms with van der Waals surface area (Å²) in [5.74, 6) is 0.266. The molecule has 6 nitrogen and oxygen atoms in total. The van der Waals surface area contributed by atoms with E-state index in [9.17, 15) is 15.2 Å². The summed E-state index contributed by atoms with van der Waals surface area (Å²) in [5.41, 5.74) is 6.44. The van der Waals surface area contributed by atoms with Crippen LogP contribution in [0.4, 0.5) is 5.69 Å². The van der Waals surface area contributed by atoms with Gasteiger partial charge in [-0.2, -0.15) is 0 Å². The molecule has 104 valence electrons. The fraction of sp³-hybridized carbons (Fsp3) is 0.538. The number of methoxy groups -OCH3 is 1. The fourth-order valence-corrected chi connectivity index (χ4v) is 2.70. The minimum Gasteiger partial charge on any atom is -0.504 e. The van der Waals surface area contributed by atoms with Crippen molar-refractivity contribution >= 4 is 5.69 Å². The van der Waals surface area contributed by atoms with Crippen LogP contribution in [0, 0.1) is 16.0 Å². The number of nitro groups is 1. The highest BCUT2D eigenvalue weighted by molar-refractivity contribution is 5.54. The van der Waals surface area contributed by atoms with Crippen LogP contribution in [-0.2, 0) is 0 Å². The molecule has 1 saturated carbocycles. The third kappa shape index (κ3) is 2.63. The van der Waals surface area contributed by atoms with E-state index < -0.39 is 11.0 Å². The van der Waals surface area contributed by atoms with Gasteiger partial charge in [-0.3, -0.25) is 10.1 Å². The van der Waals surface area contributed by atoms with Gasteiger partial charge < -0.3 is 15.6 Å². The van der Waals surface area contributed by atoms with Crippen LogP contribution >= 0.6 is 0 Å². The molecule has 6 heteroatoms. The highest BCUT2D eigenvalue weighted by Gasteiger charge is 2.28. The second-order valence-corrected chi connectivity index (χ2v) is 4.91. The molecule has 0 radical (unpaired) electrons. The molecule has 0 spiro atoms. The van der Waals surface area contributed by atoms with E-state index in [0.717, 1.165) is 25.7 Å². The average Bonchev–Trinajstić information content (AvgIpc) is 2.91. The summed E-state index contributed by atoms with van der Waals surface area (Å²) in [6, 6.07) is 2.16. The lowest BCUT2D eigenvalue weighted by Crippen LogP contribution is -2.19. The summed E-state index contributed by atoms with van der Waals surface area (Å²) < 4.78 is 4.98. The van der Waals surface area contributed by atoms with Crippen molar-refractivity contribution in [2.75, 3.05) is 7.11 Å². The molecule has 2 rings (SSSR count). The molecule has 0 heterocycles. The predicted molar refractivity (Wildman–Crippen MR) is 70.2 cm³/mol. The van der Waals surface area contributed by atoms with Crippen molar-refractivity contribution in [1.29, 1.82) is 0 Å². The lowest BCUT2D eigenvalue weighted by atomic mass is 9.91. The maximum absolute atomic E-state index is 10.9. The lowest BCUT2D eigenvalue weighted by molar-refractivity contribution is -0.385. The van der Waals surface area contributed by atoms with Crippen LogP contribution in [-0.4, -0.2) is 17.1 Å². The molecule has 3 N–H and O–H groups in total. The fourth-order valence-electron chi connectivity index (χ4n) is 2.70. The van der Waals surface area contributed by atoms with Gasteiger partial charge in [0.05, 0.1) is 18.1 Å². The van der Waals surface area contributed by atoms with Crippen LogP contribution in [0.1, 0.15) is 37.3 Å². The van der Waals surface area contributed by atoms with Crippen molar-refractivity contribution in [2.45, 2.75) is 31.7 Å². The maximum atomic E-state index is 10.9. The van der Waals surface area contributed by atoms with Crippen LogP contribution in [0.25, 0.3) is 0 Å². The van der Waals surface area contributed by atoms with Gasteiger partial charge in [0.2, 0.25) is 0 Å². The zero-order valence-corrected chi connectivity index (χ0v) is 10.8. The van der Waals surface area contributed by atoms with Gasteiger partial charge in [0.1, 0.15) is 0 Å². The Morgan fingerprint density at radius 3 is 2.63 bits per heavy atom. The molecule has 0 aliphatic heterocycles. The molecule has 1 aromatic rings. The van der Waals surface area contributed by atoms with Gasteiger partial charge in [0.15, 0.2) is 11.5 Å².